The SMILES string of the molecule is Cc1ccc(S(=O)(=O)OCCCCCCCCCCCCCCCCC(=O)O)cc1. The normalized spacial score (nSPS) is 11.6. The molecule has 0 aliphatic heterocycles. The highest BCUT2D eigenvalue weighted by Crippen LogP contribution is 2.15. The van der Waals surface area contributed by atoms with Crippen molar-refractivity contribution in [3.05, 3.63) is 29.8 Å². The number of hydrogen-bond acceptors (Lipinski definition) is 4. The molecule has 0 heterocycles. The standard InChI is InChI=1S/C24H40O5S/c1-22-17-19-23(20-18-22)30(27,28)29-21-15-13-11-9-7-5-3-2-4-6-8-10-12-14-16-24(25)26/h17-20H,2-16,21H2,1H3,(H,25,26). The molecular formula is C24H40O5S. The van der Waals surface area contributed by atoms with Gasteiger partial charge in [0.05, 0.1) is 11.5 Å². The van der Waals surface area contributed by atoms with Crippen LogP contribution in [-0.2, 0) is 19.1 Å². The van der Waals surface area contributed by atoms with Gasteiger partial charge in [0.15, 0.2) is 0 Å². The van der Waals surface area contributed by atoms with Crippen molar-refractivity contribution >= 4 is 16.1 Å². The first-order valence-electron chi connectivity index (χ1n) is 11.6. The molecule has 30 heavy (non-hydrogen) atoms. The fraction of sp³-hybridized carbons (Fsp3) is 0.708. The summed E-state index contributed by atoms with van der Waals surface area (Å²) in [5.74, 6) is -0.686. The van der Waals surface area contributed by atoms with Crippen LogP contribution in [0.3, 0.4) is 0 Å². The van der Waals surface area contributed by atoms with E-state index in [9.17, 15) is 13.2 Å². The molecule has 0 fully saturated rings. The summed E-state index contributed by atoms with van der Waals surface area (Å²) in [6.45, 7) is 2.18. The fourth-order valence-corrected chi connectivity index (χ4v) is 4.38. The zero-order valence-corrected chi connectivity index (χ0v) is 19.4. The van der Waals surface area contributed by atoms with Crippen molar-refractivity contribution in [3.63, 3.8) is 0 Å². The molecule has 0 amide bonds. The van der Waals surface area contributed by atoms with Gasteiger partial charge in [0.25, 0.3) is 10.1 Å². The van der Waals surface area contributed by atoms with Crippen molar-refractivity contribution in [2.45, 2.75) is 108 Å². The first-order chi connectivity index (χ1) is 14.4. The Bertz CT molecular complexity index is 667. The van der Waals surface area contributed by atoms with Gasteiger partial charge in [0.1, 0.15) is 0 Å². The van der Waals surface area contributed by atoms with E-state index in [2.05, 4.69) is 0 Å². The van der Waals surface area contributed by atoms with E-state index in [1.165, 1.54) is 51.4 Å². The Labute approximate surface area is 183 Å². The minimum absolute atomic E-state index is 0.228. The lowest BCUT2D eigenvalue weighted by Gasteiger charge is -2.06. The molecule has 0 saturated carbocycles. The average Bonchev–Trinajstić information content (AvgIpc) is 2.70. The van der Waals surface area contributed by atoms with Gasteiger partial charge in [-0.15, -0.1) is 0 Å². The summed E-state index contributed by atoms with van der Waals surface area (Å²) in [5.41, 5.74) is 1.03. The third kappa shape index (κ3) is 13.8. The zero-order valence-electron chi connectivity index (χ0n) is 18.6. The number of carbonyl (C=O) groups is 1. The largest absolute Gasteiger partial charge is 0.481 e. The summed E-state index contributed by atoms with van der Waals surface area (Å²) in [7, 11) is -3.62. The van der Waals surface area contributed by atoms with Crippen LogP contribution in [0.15, 0.2) is 29.2 Å². The van der Waals surface area contributed by atoms with Gasteiger partial charge in [-0.3, -0.25) is 8.98 Å². The smallest absolute Gasteiger partial charge is 0.303 e. The van der Waals surface area contributed by atoms with E-state index >= 15 is 0 Å². The van der Waals surface area contributed by atoms with E-state index in [4.69, 9.17) is 9.29 Å². The molecule has 1 N–H and O–H groups in total. The lowest BCUT2D eigenvalue weighted by Crippen LogP contribution is -2.07. The van der Waals surface area contributed by atoms with Gasteiger partial charge in [-0.1, -0.05) is 94.7 Å². The summed E-state index contributed by atoms with van der Waals surface area (Å²) in [4.78, 5) is 10.6. The summed E-state index contributed by atoms with van der Waals surface area (Å²) in [5, 5.41) is 8.58. The maximum absolute atomic E-state index is 12.1. The molecule has 1 aromatic carbocycles. The van der Waals surface area contributed by atoms with Crippen LogP contribution in [0.1, 0.15) is 102 Å². The number of unbranched alkanes of at least 4 members (excludes halogenated alkanes) is 13. The average molecular weight is 441 g/mol. The van der Waals surface area contributed by atoms with E-state index < -0.39 is 16.1 Å². The Balaban J connectivity index is 1.85. The molecule has 0 aliphatic rings. The van der Waals surface area contributed by atoms with Crippen molar-refractivity contribution in [1.29, 1.82) is 0 Å². The van der Waals surface area contributed by atoms with Gasteiger partial charge in [0, 0.05) is 6.42 Å². The van der Waals surface area contributed by atoms with Gasteiger partial charge in [0.2, 0.25) is 0 Å². The second-order valence-electron chi connectivity index (χ2n) is 8.18. The Hall–Kier alpha value is -1.40. The highest BCUT2D eigenvalue weighted by atomic mass is 32.2. The van der Waals surface area contributed by atoms with Gasteiger partial charge >= 0.3 is 5.97 Å². The highest BCUT2D eigenvalue weighted by Gasteiger charge is 2.14. The molecule has 172 valence electrons. The summed E-state index contributed by atoms with van der Waals surface area (Å²) in [6.07, 6.45) is 16.3. The molecule has 5 nitrogen and oxygen atoms in total. The van der Waals surface area contributed by atoms with Crippen LogP contribution in [0.4, 0.5) is 0 Å². The van der Waals surface area contributed by atoms with E-state index in [1.807, 2.05) is 6.92 Å². The Morgan fingerprint density at radius 1 is 0.733 bits per heavy atom. The van der Waals surface area contributed by atoms with E-state index in [1.54, 1.807) is 24.3 Å². The maximum Gasteiger partial charge on any atom is 0.303 e. The number of aryl methyl sites for hydroxylation is 1. The minimum atomic E-state index is -3.62. The van der Waals surface area contributed by atoms with Crippen LogP contribution < -0.4 is 0 Å². The second kappa shape index (κ2) is 16.3. The van der Waals surface area contributed by atoms with Crippen LogP contribution in [0.5, 0.6) is 0 Å². The quantitative estimate of drug-likeness (QED) is 0.193. The molecule has 1 aromatic rings. The predicted molar refractivity (Wildman–Crippen MR) is 121 cm³/mol. The van der Waals surface area contributed by atoms with Crippen molar-refractivity contribution in [3.8, 4) is 0 Å². The number of benzene rings is 1. The van der Waals surface area contributed by atoms with Crippen LogP contribution in [-0.4, -0.2) is 26.1 Å². The van der Waals surface area contributed by atoms with E-state index in [-0.39, 0.29) is 11.5 Å². The van der Waals surface area contributed by atoms with Crippen molar-refractivity contribution in [1.82, 2.24) is 0 Å². The Morgan fingerprint density at radius 3 is 1.57 bits per heavy atom. The summed E-state index contributed by atoms with van der Waals surface area (Å²) < 4.78 is 29.3. The molecular weight excluding hydrogens is 400 g/mol. The monoisotopic (exact) mass is 440 g/mol. The van der Waals surface area contributed by atoms with Gasteiger partial charge in [-0.25, -0.2) is 0 Å². The molecule has 1 rings (SSSR count). The number of carboxylic acids is 1. The van der Waals surface area contributed by atoms with Crippen LogP contribution in [0.2, 0.25) is 0 Å². The number of hydrogen-bond donors (Lipinski definition) is 1. The summed E-state index contributed by atoms with van der Waals surface area (Å²) in [6, 6.07) is 6.74. The number of rotatable bonds is 19. The third-order valence-electron chi connectivity index (χ3n) is 5.33. The zero-order chi connectivity index (χ0) is 22.1. The first kappa shape index (κ1) is 26.6. The summed E-state index contributed by atoms with van der Waals surface area (Å²) >= 11 is 0. The molecule has 0 atom stereocenters. The lowest BCUT2D eigenvalue weighted by atomic mass is 10.0. The molecule has 0 aromatic heterocycles. The first-order valence-corrected chi connectivity index (χ1v) is 13.0. The molecule has 0 saturated heterocycles. The Morgan fingerprint density at radius 2 is 1.13 bits per heavy atom. The van der Waals surface area contributed by atoms with Crippen molar-refractivity contribution in [2.24, 2.45) is 0 Å². The van der Waals surface area contributed by atoms with Crippen molar-refractivity contribution < 1.29 is 22.5 Å². The lowest BCUT2D eigenvalue weighted by molar-refractivity contribution is -0.137. The predicted octanol–water partition coefficient (Wildman–Crippen LogP) is 6.64. The second-order valence-corrected chi connectivity index (χ2v) is 9.80. The van der Waals surface area contributed by atoms with Crippen LogP contribution in [0.25, 0.3) is 0 Å². The molecule has 0 bridgehead atoms. The molecule has 0 radical (unpaired) electrons. The van der Waals surface area contributed by atoms with E-state index in [0.29, 0.717) is 6.42 Å². The topological polar surface area (TPSA) is 80.7 Å². The number of carboxylic acid groups (broad SMARTS) is 1. The highest BCUT2D eigenvalue weighted by molar-refractivity contribution is 7.86. The minimum Gasteiger partial charge on any atom is -0.481 e. The Kier molecular flexibility index (Phi) is 14.5. The molecule has 0 spiro atoms. The maximum atomic E-state index is 12.1. The molecule has 6 heteroatoms. The van der Waals surface area contributed by atoms with Gasteiger partial charge in [-0.2, -0.15) is 8.42 Å². The molecule has 0 unspecified atom stereocenters. The molecule has 0 aliphatic carbocycles. The van der Waals surface area contributed by atoms with E-state index in [0.717, 1.165) is 44.1 Å². The van der Waals surface area contributed by atoms with Crippen LogP contribution in [0, 0.1) is 6.92 Å². The van der Waals surface area contributed by atoms with Gasteiger partial charge in [-0.05, 0) is 31.9 Å². The van der Waals surface area contributed by atoms with Gasteiger partial charge < -0.3 is 5.11 Å². The third-order valence-corrected chi connectivity index (χ3v) is 6.66. The fourth-order valence-electron chi connectivity index (χ4n) is 3.44. The van der Waals surface area contributed by atoms with Crippen LogP contribution >= 0.6 is 0 Å². The number of aliphatic carboxylic acids is 1. The van der Waals surface area contributed by atoms with Crippen molar-refractivity contribution in [2.75, 3.05) is 6.61 Å².